The molecule has 0 heterocycles. The van der Waals surface area contributed by atoms with Crippen molar-refractivity contribution < 1.29 is 14.3 Å². The Bertz CT molecular complexity index is 246. The fraction of sp³-hybridized carbons (Fsp3) is 0.500. The summed E-state index contributed by atoms with van der Waals surface area (Å²) in [5.74, 6) is -0.584. The quantitative estimate of drug-likeness (QED) is 0.344. The number of hydrogen-bond acceptors (Lipinski definition) is 5. The van der Waals surface area contributed by atoms with Gasteiger partial charge >= 0.3 is 5.97 Å². The zero-order valence-corrected chi connectivity index (χ0v) is 7.79. The molecule has 0 saturated heterocycles. The maximum atomic E-state index is 11.0. The van der Waals surface area contributed by atoms with Crippen molar-refractivity contribution in [1.29, 1.82) is 0 Å². The molecule has 0 spiro atoms. The zero-order valence-electron chi connectivity index (χ0n) is 7.79. The molecule has 0 fully saturated rings. The normalized spacial score (nSPS) is 12.0. The summed E-state index contributed by atoms with van der Waals surface area (Å²) >= 11 is 0. The van der Waals surface area contributed by atoms with Gasteiger partial charge in [0.15, 0.2) is 5.78 Å². The molecule has 0 bridgehead atoms. The molecule has 0 aromatic heterocycles. The van der Waals surface area contributed by atoms with Gasteiger partial charge < -0.3 is 16.2 Å². The Labute approximate surface area is 76.7 Å². The fourth-order valence-electron chi connectivity index (χ4n) is 0.854. The van der Waals surface area contributed by atoms with Crippen LogP contribution in [0.4, 0.5) is 0 Å². The van der Waals surface area contributed by atoms with Crippen LogP contribution < -0.4 is 11.5 Å². The number of carbonyl (C=O) groups excluding carboxylic acids is 2. The molecule has 5 nitrogen and oxygen atoms in total. The van der Waals surface area contributed by atoms with E-state index in [4.69, 9.17) is 16.2 Å². The molecule has 0 atom stereocenters. The standard InChI is InChI=1S/C8H14N2O3/c1-5(11)7(3-9)8(4-10)13-6(2)12/h3-4,9-10H2,1-2H3/b8-7-. The van der Waals surface area contributed by atoms with Gasteiger partial charge in [0, 0.05) is 19.0 Å². The van der Waals surface area contributed by atoms with Crippen molar-refractivity contribution in [3.63, 3.8) is 0 Å². The minimum absolute atomic E-state index is 0.00824. The predicted octanol–water partition coefficient (Wildman–Crippen LogP) is -0.690. The lowest BCUT2D eigenvalue weighted by Crippen LogP contribution is -2.20. The summed E-state index contributed by atoms with van der Waals surface area (Å²) in [5, 5.41) is 0. The number of ether oxygens (including phenoxy) is 1. The van der Waals surface area contributed by atoms with E-state index in [1.54, 1.807) is 0 Å². The van der Waals surface area contributed by atoms with Crippen LogP contribution >= 0.6 is 0 Å². The molecular formula is C8H14N2O3. The van der Waals surface area contributed by atoms with Crippen LogP contribution in [0.2, 0.25) is 0 Å². The SMILES string of the molecule is CC(=O)O/C(CN)=C(/CN)C(C)=O. The molecule has 0 aliphatic rings. The highest BCUT2D eigenvalue weighted by Crippen LogP contribution is 2.05. The van der Waals surface area contributed by atoms with E-state index in [0.717, 1.165) is 0 Å². The second kappa shape index (κ2) is 5.45. The Balaban J connectivity index is 4.82. The molecule has 5 heteroatoms. The van der Waals surface area contributed by atoms with E-state index in [1.165, 1.54) is 13.8 Å². The van der Waals surface area contributed by atoms with Crippen LogP contribution in [0.1, 0.15) is 13.8 Å². The van der Waals surface area contributed by atoms with Crippen LogP contribution in [0.5, 0.6) is 0 Å². The molecule has 0 aliphatic carbocycles. The first kappa shape index (κ1) is 11.8. The Morgan fingerprint density at radius 1 is 1.15 bits per heavy atom. The highest BCUT2D eigenvalue weighted by Gasteiger charge is 2.11. The van der Waals surface area contributed by atoms with Gasteiger partial charge in [-0.1, -0.05) is 0 Å². The summed E-state index contributed by atoms with van der Waals surface area (Å²) in [6.45, 7) is 2.60. The number of hydrogen-bond donors (Lipinski definition) is 2. The molecule has 74 valence electrons. The summed E-state index contributed by atoms with van der Waals surface area (Å²) in [4.78, 5) is 21.6. The molecule has 4 N–H and O–H groups in total. The average Bonchev–Trinajstić information content (AvgIpc) is 2.02. The number of rotatable bonds is 4. The molecule has 0 saturated carbocycles. The summed E-state index contributed by atoms with van der Waals surface area (Å²) in [7, 11) is 0. The molecule has 0 aliphatic heterocycles. The average molecular weight is 186 g/mol. The molecule has 13 heavy (non-hydrogen) atoms. The third-order valence-electron chi connectivity index (χ3n) is 1.42. The van der Waals surface area contributed by atoms with E-state index < -0.39 is 5.97 Å². The third-order valence-corrected chi connectivity index (χ3v) is 1.42. The number of Topliss-reactive ketones (excluding diaryl/α,β-unsaturated/α-hetero) is 1. The first-order valence-electron chi connectivity index (χ1n) is 3.84. The van der Waals surface area contributed by atoms with Gasteiger partial charge in [0.2, 0.25) is 0 Å². The van der Waals surface area contributed by atoms with Gasteiger partial charge in [0.25, 0.3) is 0 Å². The topological polar surface area (TPSA) is 95.4 Å². The highest BCUT2D eigenvalue weighted by molar-refractivity contribution is 5.94. The van der Waals surface area contributed by atoms with Crippen LogP contribution in [0.25, 0.3) is 0 Å². The lowest BCUT2D eigenvalue weighted by Gasteiger charge is -2.08. The molecular weight excluding hydrogens is 172 g/mol. The summed E-state index contributed by atoms with van der Waals surface area (Å²) < 4.78 is 4.73. The first-order chi connectivity index (χ1) is 6.02. The van der Waals surface area contributed by atoms with Gasteiger partial charge in [0.05, 0.1) is 6.54 Å². The Morgan fingerprint density at radius 3 is 1.92 bits per heavy atom. The minimum atomic E-state index is -0.507. The van der Waals surface area contributed by atoms with Crippen LogP contribution in [0.15, 0.2) is 11.3 Å². The van der Waals surface area contributed by atoms with Crippen molar-refractivity contribution in [2.45, 2.75) is 13.8 Å². The molecule has 0 aromatic rings. The fourth-order valence-corrected chi connectivity index (χ4v) is 0.854. The number of carbonyl (C=O) groups is 2. The van der Waals surface area contributed by atoms with E-state index in [1.807, 2.05) is 0 Å². The van der Waals surface area contributed by atoms with E-state index in [0.29, 0.717) is 0 Å². The predicted molar refractivity (Wildman–Crippen MR) is 47.6 cm³/mol. The van der Waals surface area contributed by atoms with E-state index in [9.17, 15) is 9.59 Å². The maximum Gasteiger partial charge on any atom is 0.307 e. The van der Waals surface area contributed by atoms with Gasteiger partial charge in [-0.3, -0.25) is 9.59 Å². The molecule has 0 aromatic carbocycles. The second-order valence-electron chi connectivity index (χ2n) is 2.46. The monoisotopic (exact) mass is 186 g/mol. The third kappa shape index (κ3) is 3.82. The second-order valence-corrected chi connectivity index (χ2v) is 2.46. The van der Waals surface area contributed by atoms with Crippen LogP contribution in [0.3, 0.4) is 0 Å². The molecule has 0 rings (SSSR count). The van der Waals surface area contributed by atoms with Gasteiger partial charge in [-0.05, 0) is 6.92 Å². The smallest absolute Gasteiger partial charge is 0.307 e. The number of ketones is 1. The van der Waals surface area contributed by atoms with Gasteiger partial charge in [-0.25, -0.2) is 0 Å². The van der Waals surface area contributed by atoms with Gasteiger partial charge in [-0.15, -0.1) is 0 Å². The van der Waals surface area contributed by atoms with Crippen LogP contribution in [0, 0.1) is 0 Å². The zero-order chi connectivity index (χ0) is 10.4. The Hall–Kier alpha value is -1.20. The highest BCUT2D eigenvalue weighted by atomic mass is 16.5. The van der Waals surface area contributed by atoms with Crippen LogP contribution in [-0.4, -0.2) is 24.8 Å². The largest absolute Gasteiger partial charge is 0.429 e. The van der Waals surface area contributed by atoms with Crippen LogP contribution in [-0.2, 0) is 14.3 Å². The van der Waals surface area contributed by atoms with Gasteiger partial charge in [0.1, 0.15) is 5.76 Å². The maximum absolute atomic E-state index is 11.0. The lowest BCUT2D eigenvalue weighted by atomic mass is 10.1. The Kier molecular flexibility index (Phi) is 4.94. The Morgan fingerprint density at radius 2 is 1.69 bits per heavy atom. The van der Waals surface area contributed by atoms with Crippen molar-refractivity contribution in [3.8, 4) is 0 Å². The van der Waals surface area contributed by atoms with Crippen molar-refractivity contribution in [3.05, 3.63) is 11.3 Å². The van der Waals surface area contributed by atoms with Crippen molar-refractivity contribution in [2.24, 2.45) is 11.5 Å². The van der Waals surface area contributed by atoms with E-state index >= 15 is 0 Å². The molecule has 0 radical (unpaired) electrons. The summed E-state index contributed by atoms with van der Waals surface area (Å²) in [5.41, 5.74) is 10.9. The van der Waals surface area contributed by atoms with Crippen molar-refractivity contribution in [2.75, 3.05) is 13.1 Å². The van der Waals surface area contributed by atoms with E-state index in [-0.39, 0.29) is 30.2 Å². The van der Waals surface area contributed by atoms with Gasteiger partial charge in [-0.2, -0.15) is 0 Å². The molecule has 0 unspecified atom stereocenters. The first-order valence-corrected chi connectivity index (χ1v) is 3.84. The summed E-state index contributed by atoms with van der Waals surface area (Å²) in [6, 6.07) is 0. The molecule has 0 amide bonds. The van der Waals surface area contributed by atoms with Crippen molar-refractivity contribution >= 4 is 11.8 Å². The number of esters is 1. The van der Waals surface area contributed by atoms with Crippen molar-refractivity contribution in [1.82, 2.24) is 0 Å². The lowest BCUT2D eigenvalue weighted by molar-refractivity contribution is -0.137. The number of nitrogens with two attached hydrogens (primary N) is 2. The minimum Gasteiger partial charge on any atom is -0.429 e. The van der Waals surface area contributed by atoms with E-state index in [2.05, 4.69) is 0 Å². The summed E-state index contributed by atoms with van der Waals surface area (Å²) in [6.07, 6.45) is 0.